The lowest BCUT2D eigenvalue weighted by molar-refractivity contribution is -0.146. The van der Waals surface area contributed by atoms with Crippen LogP contribution in [0.15, 0.2) is 36.4 Å². The van der Waals surface area contributed by atoms with Gasteiger partial charge in [-0.05, 0) is 18.1 Å². The van der Waals surface area contributed by atoms with Gasteiger partial charge in [0.15, 0.2) is 0 Å². The van der Waals surface area contributed by atoms with Crippen molar-refractivity contribution in [2.24, 2.45) is 11.8 Å². The summed E-state index contributed by atoms with van der Waals surface area (Å²) in [5, 5.41) is 12.1. The molecule has 1 amide bonds. The van der Waals surface area contributed by atoms with Gasteiger partial charge in [-0.2, -0.15) is 0 Å². The maximum absolute atomic E-state index is 12.4. The molecule has 1 aromatic rings. The number of para-hydroxylation sites is 1. The number of carboxylic acid groups (broad SMARTS) is 1. The number of rotatable bonds is 6. The second-order valence-electron chi connectivity index (χ2n) is 5.69. The molecule has 2 heterocycles. The summed E-state index contributed by atoms with van der Waals surface area (Å²) in [6, 6.07) is 7.60. The van der Waals surface area contributed by atoms with Gasteiger partial charge >= 0.3 is 5.97 Å². The molecule has 0 aromatic heterocycles. The zero-order valence-corrected chi connectivity index (χ0v) is 12.8. The van der Waals surface area contributed by atoms with Crippen LogP contribution in [0.1, 0.15) is 5.56 Å². The van der Waals surface area contributed by atoms with E-state index in [0.29, 0.717) is 13.0 Å². The highest BCUT2D eigenvalue weighted by atomic mass is 16.5. The molecule has 2 aliphatic heterocycles. The molecular weight excluding hydrogens is 298 g/mol. The Morgan fingerprint density at radius 2 is 1.91 bits per heavy atom. The van der Waals surface area contributed by atoms with Crippen LogP contribution >= 0.6 is 0 Å². The number of carbonyl (C=O) groups is 2. The SMILES string of the molecule is COc1ccccc1CCNC(=O)[C@@H]1[C@@H](C(=O)O)[C@@H]2C=C[C@@H]1O2. The first kappa shape index (κ1) is 15.6. The minimum absolute atomic E-state index is 0.274. The molecule has 23 heavy (non-hydrogen) atoms. The molecule has 122 valence electrons. The van der Waals surface area contributed by atoms with E-state index in [9.17, 15) is 14.7 Å². The number of methoxy groups -OCH3 is 1. The van der Waals surface area contributed by atoms with Gasteiger partial charge in [0.2, 0.25) is 5.91 Å². The molecular formula is C17H19NO5. The molecule has 0 saturated carbocycles. The van der Waals surface area contributed by atoms with Crippen molar-refractivity contribution >= 4 is 11.9 Å². The normalized spacial score (nSPS) is 27.9. The molecule has 1 aromatic carbocycles. The van der Waals surface area contributed by atoms with Crippen LogP contribution in [0.3, 0.4) is 0 Å². The fourth-order valence-electron chi connectivity index (χ4n) is 3.26. The summed E-state index contributed by atoms with van der Waals surface area (Å²) in [6.07, 6.45) is 3.18. The van der Waals surface area contributed by atoms with E-state index in [-0.39, 0.29) is 5.91 Å². The summed E-state index contributed by atoms with van der Waals surface area (Å²) in [5.74, 6) is -1.97. The number of benzene rings is 1. The van der Waals surface area contributed by atoms with E-state index in [2.05, 4.69) is 5.32 Å². The van der Waals surface area contributed by atoms with E-state index < -0.39 is 30.0 Å². The summed E-state index contributed by atoms with van der Waals surface area (Å²) in [4.78, 5) is 23.7. The summed E-state index contributed by atoms with van der Waals surface area (Å²) in [7, 11) is 1.60. The summed E-state index contributed by atoms with van der Waals surface area (Å²) < 4.78 is 10.8. The smallest absolute Gasteiger partial charge is 0.310 e. The van der Waals surface area contributed by atoms with Crippen LogP contribution in [0.25, 0.3) is 0 Å². The topological polar surface area (TPSA) is 84.9 Å². The molecule has 0 spiro atoms. The van der Waals surface area contributed by atoms with Gasteiger partial charge in [-0.3, -0.25) is 9.59 Å². The lowest BCUT2D eigenvalue weighted by Crippen LogP contribution is -2.43. The first-order valence-corrected chi connectivity index (χ1v) is 7.58. The van der Waals surface area contributed by atoms with Crippen LogP contribution in [-0.2, 0) is 20.7 Å². The Bertz CT molecular complexity index is 642. The number of hydrogen-bond donors (Lipinski definition) is 2. The molecule has 2 bridgehead atoms. The molecule has 2 N–H and O–H groups in total. The van der Waals surface area contributed by atoms with E-state index in [0.717, 1.165) is 11.3 Å². The van der Waals surface area contributed by atoms with E-state index in [1.165, 1.54) is 0 Å². The van der Waals surface area contributed by atoms with Crippen molar-refractivity contribution in [1.29, 1.82) is 0 Å². The Balaban J connectivity index is 1.59. The van der Waals surface area contributed by atoms with Gasteiger partial charge in [0.05, 0.1) is 25.2 Å². The zero-order valence-electron chi connectivity index (χ0n) is 12.8. The van der Waals surface area contributed by atoms with Crippen molar-refractivity contribution < 1.29 is 24.2 Å². The van der Waals surface area contributed by atoms with Gasteiger partial charge < -0.3 is 19.9 Å². The zero-order chi connectivity index (χ0) is 16.4. The second-order valence-corrected chi connectivity index (χ2v) is 5.69. The van der Waals surface area contributed by atoms with Crippen LogP contribution in [-0.4, -0.2) is 42.8 Å². The number of amides is 1. The number of hydrogen-bond acceptors (Lipinski definition) is 4. The molecule has 0 aliphatic carbocycles. The van der Waals surface area contributed by atoms with Crippen LogP contribution in [0.5, 0.6) is 5.75 Å². The largest absolute Gasteiger partial charge is 0.496 e. The highest BCUT2D eigenvalue weighted by Crippen LogP contribution is 2.39. The Labute approximate surface area is 134 Å². The fraction of sp³-hybridized carbons (Fsp3) is 0.412. The fourth-order valence-corrected chi connectivity index (χ4v) is 3.26. The average molecular weight is 317 g/mol. The summed E-state index contributed by atoms with van der Waals surface area (Å²) in [6.45, 7) is 0.420. The molecule has 2 aliphatic rings. The Kier molecular flexibility index (Phi) is 4.34. The molecule has 0 unspecified atom stereocenters. The number of ether oxygens (including phenoxy) is 2. The Morgan fingerprint density at radius 1 is 1.22 bits per heavy atom. The number of nitrogens with one attached hydrogen (secondary N) is 1. The first-order chi connectivity index (χ1) is 11.1. The van der Waals surface area contributed by atoms with Crippen molar-refractivity contribution in [2.45, 2.75) is 18.6 Å². The molecule has 3 rings (SSSR count). The highest BCUT2D eigenvalue weighted by molar-refractivity contribution is 5.87. The monoisotopic (exact) mass is 317 g/mol. The number of carboxylic acids is 1. The van der Waals surface area contributed by atoms with Crippen molar-refractivity contribution in [3.05, 3.63) is 42.0 Å². The van der Waals surface area contributed by atoms with Crippen LogP contribution in [0.4, 0.5) is 0 Å². The standard InChI is InChI=1S/C17H19NO5/c1-22-11-5-3-2-4-10(11)8-9-18-16(19)14-12-6-7-13(23-12)15(14)17(20)21/h2-7,12-15H,8-9H2,1H3,(H,18,19)(H,20,21)/t12-,13-,14-,15-/m0/s1. The van der Waals surface area contributed by atoms with Gasteiger partial charge in [-0.1, -0.05) is 30.4 Å². The van der Waals surface area contributed by atoms with E-state index in [4.69, 9.17) is 9.47 Å². The van der Waals surface area contributed by atoms with Crippen molar-refractivity contribution in [1.82, 2.24) is 5.32 Å². The molecule has 6 heteroatoms. The van der Waals surface area contributed by atoms with Crippen molar-refractivity contribution in [3.63, 3.8) is 0 Å². The van der Waals surface area contributed by atoms with Gasteiger partial charge in [0.25, 0.3) is 0 Å². The van der Waals surface area contributed by atoms with Crippen LogP contribution in [0.2, 0.25) is 0 Å². The third kappa shape index (κ3) is 2.94. The number of carbonyl (C=O) groups excluding carboxylic acids is 1. The molecule has 4 atom stereocenters. The average Bonchev–Trinajstić information content (AvgIpc) is 3.16. The van der Waals surface area contributed by atoms with Crippen LogP contribution in [0, 0.1) is 11.8 Å². The van der Waals surface area contributed by atoms with Crippen molar-refractivity contribution in [2.75, 3.05) is 13.7 Å². The minimum Gasteiger partial charge on any atom is -0.496 e. The minimum atomic E-state index is -0.994. The predicted octanol–water partition coefficient (Wildman–Crippen LogP) is 1.01. The van der Waals surface area contributed by atoms with Gasteiger partial charge in [0, 0.05) is 6.54 Å². The maximum Gasteiger partial charge on any atom is 0.310 e. The lowest BCUT2D eigenvalue weighted by Gasteiger charge is -2.21. The summed E-state index contributed by atoms with van der Waals surface area (Å²) >= 11 is 0. The lowest BCUT2D eigenvalue weighted by atomic mass is 9.82. The quantitative estimate of drug-likeness (QED) is 0.765. The molecule has 0 radical (unpaired) electrons. The van der Waals surface area contributed by atoms with Crippen LogP contribution < -0.4 is 10.1 Å². The molecule has 1 fully saturated rings. The Hall–Kier alpha value is -2.34. The third-order valence-corrected chi connectivity index (χ3v) is 4.37. The van der Waals surface area contributed by atoms with Gasteiger partial charge in [0.1, 0.15) is 11.7 Å². The predicted molar refractivity (Wildman–Crippen MR) is 82.1 cm³/mol. The number of fused-ring (bicyclic) bond motifs is 2. The van der Waals surface area contributed by atoms with Gasteiger partial charge in [-0.25, -0.2) is 0 Å². The molecule has 1 saturated heterocycles. The molecule has 6 nitrogen and oxygen atoms in total. The van der Waals surface area contributed by atoms with E-state index in [1.54, 1.807) is 19.3 Å². The maximum atomic E-state index is 12.4. The summed E-state index contributed by atoms with van der Waals surface area (Å²) in [5.41, 5.74) is 0.995. The number of aliphatic carboxylic acids is 1. The first-order valence-electron chi connectivity index (χ1n) is 7.58. The third-order valence-electron chi connectivity index (χ3n) is 4.37. The Morgan fingerprint density at radius 3 is 2.61 bits per heavy atom. The van der Waals surface area contributed by atoms with Gasteiger partial charge in [-0.15, -0.1) is 0 Å². The second kappa shape index (κ2) is 6.42. The van der Waals surface area contributed by atoms with E-state index in [1.807, 2.05) is 24.3 Å². The van der Waals surface area contributed by atoms with E-state index >= 15 is 0 Å². The van der Waals surface area contributed by atoms with Crippen molar-refractivity contribution in [3.8, 4) is 5.75 Å². The highest BCUT2D eigenvalue weighted by Gasteiger charge is 2.53.